The molecular formula is C17H21N3O3S. The van der Waals surface area contributed by atoms with E-state index in [1.807, 2.05) is 12.1 Å². The van der Waals surface area contributed by atoms with Crippen molar-refractivity contribution in [1.82, 2.24) is 10.1 Å². The molecule has 0 radical (unpaired) electrons. The van der Waals surface area contributed by atoms with E-state index in [9.17, 15) is 8.42 Å². The van der Waals surface area contributed by atoms with Crippen LogP contribution in [0, 0.1) is 0 Å². The highest BCUT2D eigenvalue weighted by atomic mass is 32.2. The third-order valence-corrected chi connectivity index (χ3v) is 6.64. The van der Waals surface area contributed by atoms with E-state index in [1.54, 1.807) is 0 Å². The van der Waals surface area contributed by atoms with Crippen molar-refractivity contribution in [1.29, 1.82) is 0 Å². The first-order valence-electron chi connectivity index (χ1n) is 8.50. The summed E-state index contributed by atoms with van der Waals surface area (Å²) in [6.45, 7) is 2.23. The second-order valence-corrected chi connectivity index (χ2v) is 8.88. The molecule has 1 aromatic heterocycles. The van der Waals surface area contributed by atoms with Crippen LogP contribution in [0.5, 0.6) is 0 Å². The number of benzene rings is 1. The molecule has 0 saturated carbocycles. The second kappa shape index (κ2) is 6.20. The Balaban J connectivity index is 1.50. The number of sulfone groups is 1. The van der Waals surface area contributed by atoms with E-state index in [1.165, 1.54) is 24.9 Å². The molecule has 24 heavy (non-hydrogen) atoms. The number of piperidine rings is 1. The Bertz CT molecular complexity index is 808. The van der Waals surface area contributed by atoms with Crippen molar-refractivity contribution in [2.75, 3.05) is 29.5 Å². The Hall–Kier alpha value is -1.89. The van der Waals surface area contributed by atoms with Crippen LogP contribution in [0.3, 0.4) is 0 Å². The van der Waals surface area contributed by atoms with Gasteiger partial charge >= 0.3 is 0 Å². The number of hydrogen-bond donors (Lipinski definition) is 0. The molecule has 0 amide bonds. The van der Waals surface area contributed by atoms with Gasteiger partial charge in [0.15, 0.2) is 9.84 Å². The van der Waals surface area contributed by atoms with E-state index < -0.39 is 9.84 Å². The monoisotopic (exact) mass is 347 g/mol. The molecule has 0 bridgehead atoms. The highest BCUT2D eigenvalue weighted by Crippen LogP contribution is 2.30. The predicted molar refractivity (Wildman–Crippen MR) is 91.8 cm³/mol. The van der Waals surface area contributed by atoms with Crippen LogP contribution in [0.4, 0.5) is 5.69 Å². The summed E-state index contributed by atoms with van der Waals surface area (Å²) < 4.78 is 28.5. The largest absolute Gasteiger partial charge is 0.372 e. The van der Waals surface area contributed by atoms with E-state index in [4.69, 9.17) is 4.52 Å². The van der Waals surface area contributed by atoms with Gasteiger partial charge in [-0.25, -0.2) is 8.42 Å². The fraction of sp³-hybridized carbons (Fsp3) is 0.529. The molecular weight excluding hydrogens is 326 g/mol. The molecule has 2 aromatic rings. The van der Waals surface area contributed by atoms with Gasteiger partial charge in [-0.3, -0.25) is 0 Å². The maximum Gasteiger partial charge on any atom is 0.231 e. The maximum absolute atomic E-state index is 11.6. The fourth-order valence-electron chi connectivity index (χ4n) is 3.48. The van der Waals surface area contributed by atoms with Crippen LogP contribution in [-0.2, 0) is 9.84 Å². The van der Waals surface area contributed by atoms with E-state index in [0.29, 0.717) is 18.1 Å². The molecule has 3 heterocycles. The number of nitrogens with zero attached hydrogens (tertiary/aromatic N) is 3. The molecule has 128 valence electrons. The van der Waals surface area contributed by atoms with E-state index >= 15 is 0 Å². The zero-order valence-corrected chi connectivity index (χ0v) is 14.3. The topological polar surface area (TPSA) is 76.3 Å². The Labute approximate surface area is 141 Å². The van der Waals surface area contributed by atoms with Crippen molar-refractivity contribution in [2.45, 2.75) is 31.6 Å². The molecule has 2 saturated heterocycles. The van der Waals surface area contributed by atoms with Crippen LogP contribution >= 0.6 is 0 Å². The molecule has 4 rings (SSSR count). The minimum atomic E-state index is -2.95. The molecule has 2 fully saturated rings. The normalized spacial score (nSPS) is 23.5. The lowest BCUT2D eigenvalue weighted by atomic mass is 10.1. The molecule has 0 aliphatic carbocycles. The maximum atomic E-state index is 11.6. The SMILES string of the molecule is O=S1(=O)CCC(c2nc(-c3ccc(N4CCCCC4)cc3)no2)C1. The van der Waals surface area contributed by atoms with Crippen LogP contribution < -0.4 is 4.90 Å². The van der Waals surface area contributed by atoms with Gasteiger partial charge in [-0.05, 0) is 49.9 Å². The first-order valence-corrected chi connectivity index (χ1v) is 10.3. The van der Waals surface area contributed by atoms with Gasteiger partial charge in [0, 0.05) is 24.3 Å². The summed E-state index contributed by atoms with van der Waals surface area (Å²) in [6, 6.07) is 8.20. The predicted octanol–water partition coefficient (Wildman–Crippen LogP) is 2.63. The molecule has 0 spiro atoms. The standard InChI is InChI=1S/C17H21N3O3S/c21-24(22)11-8-14(12-24)17-18-16(19-23-17)13-4-6-15(7-5-13)20-9-2-1-3-10-20/h4-7,14H,1-3,8-12H2. The Kier molecular flexibility index (Phi) is 4.04. The van der Waals surface area contributed by atoms with Crippen LogP contribution in [0.25, 0.3) is 11.4 Å². The smallest absolute Gasteiger partial charge is 0.231 e. The molecule has 1 unspecified atom stereocenters. The van der Waals surface area contributed by atoms with Crippen molar-refractivity contribution in [3.63, 3.8) is 0 Å². The van der Waals surface area contributed by atoms with Crippen molar-refractivity contribution < 1.29 is 12.9 Å². The van der Waals surface area contributed by atoms with E-state index in [0.717, 1.165) is 18.7 Å². The van der Waals surface area contributed by atoms with Gasteiger partial charge in [-0.15, -0.1) is 0 Å². The van der Waals surface area contributed by atoms with Crippen LogP contribution in [0.15, 0.2) is 28.8 Å². The summed E-state index contributed by atoms with van der Waals surface area (Å²) in [5.41, 5.74) is 2.12. The molecule has 0 N–H and O–H groups in total. The Morgan fingerprint density at radius 3 is 2.50 bits per heavy atom. The average Bonchev–Trinajstić information content (AvgIpc) is 3.22. The minimum Gasteiger partial charge on any atom is -0.372 e. The van der Waals surface area contributed by atoms with Crippen LogP contribution in [0.1, 0.15) is 37.5 Å². The van der Waals surface area contributed by atoms with Gasteiger partial charge in [0.05, 0.1) is 17.4 Å². The van der Waals surface area contributed by atoms with E-state index in [2.05, 4.69) is 27.2 Å². The second-order valence-electron chi connectivity index (χ2n) is 6.65. The van der Waals surface area contributed by atoms with Crippen LogP contribution in [0.2, 0.25) is 0 Å². The number of hydrogen-bond acceptors (Lipinski definition) is 6. The molecule has 2 aliphatic rings. The molecule has 1 aromatic carbocycles. The quantitative estimate of drug-likeness (QED) is 0.849. The first-order chi connectivity index (χ1) is 11.6. The third-order valence-electron chi connectivity index (χ3n) is 4.87. The lowest BCUT2D eigenvalue weighted by Crippen LogP contribution is -2.29. The first kappa shape index (κ1) is 15.6. The summed E-state index contributed by atoms with van der Waals surface area (Å²) >= 11 is 0. The lowest BCUT2D eigenvalue weighted by Gasteiger charge is -2.28. The molecule has 1 atom stereocenters. The number of aromatic nitrogens is 2. The van der Waals surface area contributed by atoms with Crippen molar-refractivity contribution >= 4 is 15.5 Å². The number of anilines is 1. The summed E-state index contributed by atoms with van der Waals surface area (Å²) in [6.07, 6.45) is 4.38. The van der Waals surface area contributed by atoms with Crippen molar-refractivity contribution in [3.8, 4) is 11.4 Å². The molecule has 2 aliphatic heterocycles. The van der Waals surface area contributed by atoms with Gasteiger partial charge in [0.1, 0.15) is 0 Å². The van der Waals surface area contributed by atoms with Crippen LogP contribution in [-0.4, -0.2) is 43.2 Å². The molecule has 7 heteroatoms. The Morgan fingerprint density at radius 1 is 1.08 bits per heavy atom. The van der Waals surface area contributed by atoms with Gasteiger partial charge in [0.2, 0.25) is 11.7 Å². The fourth-order valence-corrected chi connectivity index (χ4v) is 5.21. The number of rotatable bonds is 3. The van der Waals surface area contributed by atoms with Gasteiger partial charge in [-0.1, -0.05) is 5.16 Å². The summed E-state index contributed by atoms with van der Waals surface area (Å²) in [4.78, 5) is 6.82. The summed E-state index contributed by atoms with van der Waals surface area (Å²) in [5.74, 6) is 1.12. The van der Waals surface area contributed by atoms with Crippen molar-refractivity contribution in [2.24, 2.45) is 0 Å². The zero-order valence-electron chi connectivity index (χ0n) is 13.5. The van der Waals surface area contributed by atoms with Gasteiger partial charge in [0.25, 0.3) is 0 Å². The van der Waals surface area contributed by atoms with Crippen molar-refractivity contribution in [3.05, 3.63) is 30.2 Å². The Morgan fingerprint density at radius 2 is 1.83 bits per heavy atom. The molecule has 6 nitrogen and oxygen atoms in total. The summed E-state index contributed by atoms with van der Waals surface area (Å²) in [7, 11) is -2.95. The lowest BCUT2D eigenvalue weighted by molar-refractivity contribution is 0.361. The highest BCUT2D eigenvalue weighted by molar-refractivity contribution is 7.91. The van der Waals surface area contributed by atoms with Gasteiger partial charge in [-0.2, -0.15) is 4.98 Å². The third kappa shape index (κ3) is 3.17. The minimum absolute atomic E-state index is 0.114. The zero-order chi connectivity index (χ0) is 16.6. The van der Waals surface area contributed by atoms with E-state index in [-0.39, 0.29) is 17.4 Å². The summed E-state index contributed by atoms with van der Waals surface area (Å²) in [5, 5.41) is 4.03. The highest BCUT2D eigenvalue weighted by Gasteiger charge is 2.33. The van der Waals surface area contributed by atoms with Gasteiger partial charge < -0.3 is 9.42 Å². The average molecular weight is 347 g/mol.